The second kappa shape index (κ2) is 8.10. The van der Waals surface area contributed by atoms with E-state index in [0.29, 0.717) is 37.9 Å². The van der Waals surface area contributed by atoms with Crippen molar-refractivity contribution < 1.29 is 4.79 Å². The maximum atomic E-state index is 12.5. The summed E-state index contributed by atoms with van der Waals surface area (Å²) in [6.07, 6.45) is 3.19. The fourth-order valence-electron chi connectivity index (χ4n) is 2.41. The van der Waals surface area contributed by atoms with E-state index in [9.17, 15) is 4.79 Å². The molecule has 0 saturated heterocycles. The third kappa shape index (κ3) is 4.41. The van der Waals surface area contributed by atoms with E-state index in [2.05, 4.69) is 15.5 Å². The van der Waals surface area contributed by atoms with Gasteiger partial charge in [-0.2, -0.15) is 10.2 Å². The lowest BCUT2D eigenvalue weighted by Gasteiger charge is -2.11. The van der Waals surface area contributed by atoms with Crippen LogP contribution in [0.4, 0.5) is 5.82 Å². The Kier molecular flexibility index (Phi) is 6.01. The number of halogens is 4. The molecule has 0 aliphatic heterocycles. The molecule has 0 radical (unpaired) electrons. The molecule has 27 heavy (non-hydrogen) atoms. The minimum Gasteiger partial charge on any atom is -0.306 e. The van der Waals surface area contributed by atoms with E-state index in [1.54, 1.807) is 49.1 Å². The second-order valence-corrected chi connectivity index (χ2v) is 7.56. The molecule has 142 valence electrons. The van der Waals surface area contributed by atoms with E-state index in [1.165, 1.54) is 4.68 Å². The molecule has 0 bridgehead atoms. The molecule has 1 amide bonds. The van der Waals surface area contributed by atoms with Crippen LogP contribution in [0.2, 0.25) is 20.1 Å². The van der Waals surface area contributed by atoms with Crippen molar-refractivity contribution in [1.82, 2.24) is 19.6 Å². The van der Waals surface area contributed by atoms with Crippen LogP contribution in [0, 0.1) is 6.92 Å². The summed E-state index contributed by atoms with van der Waals surface area (Å²) >= 11 is 24.6. The van der Waals surface area contributed by atoms with Crippen LogP contribution in [0.3, 0.4) is 0 Å². The van der Waals surface area contributed by atoms with Crippen molar-refractivity contribution in [2.24, 2.45) is 0 Å². The summed E-state index contributed by atoms with van der Waals surface area (Å²) in [5, 5.41) is 13.1. The predicted molar refractivity (Wildman–Crippen MR) is 108 cm³/mol. The zero-order valence-corrected chi connectivity index (χ0v) is 17.4. The maximum absolute atomic E-state index is 12.5. The lowest BCUT2D eigenvalue weighted by atomic mass is 10.2. The third-order valence-electron chi connectivity index (χ3n) is 3.97. The van der Waals surface area contributed by atoms with Crippen molar-refractivity contribution in [3.8, 4) is 0 Å². The molecule has 1 N–H and O–H groups in total. The number of nitrogens with zero attached hydrogens (tertiary/aromatic N) is 4. The van der Waals surface area contributed by atoms with Gasteiger partial charge in [-0.1, -0.05) is 52.5 Å². The molecule has 3 aromatic rings. The Bertz CT molecular complexity index is 958. The van der Waals surface area contributed by atoms with Gasteiger partial charge >= 0.3 is 0 Å². The molecule has 10 heteroatoms. The SMILES string of the molecule is Cc1nn(C(C)C(=O)Nc2nn(Cc3c(Cl)cccc3Cl)cc2Cl)cc1Cl. The number of aryl methyl sites for hydroxylation is 1. The Morgan fingerprint density at radius 1 is 1.07 bits per heavy atom. The lowest BCUT2D eigenvalue weighted by molar-refractivity contribution is -0.119. The summed E-state index contributed by atoms with van der Waals surface area (Å²) in [4.78, 5) is 12.5. The van der Waals surface area contributed by atoms with Gasteiger partial charge in [0.15, 0.2) is 5.82 Å². The molecule has 3 rings (SSSR count). The molecular weight excluding hydrogens is 432 g/mol. The summed E-state index contributed by atoms with van der Waals surface area (Å²) in [5.41, 5.74) is 1.36. The topological polar surface area (TPSA) is 64.7 Å². The van der Waals surface area contributed by atoms with Crippen LogP contribution in [0.25, 0.3) is 0 Å². The van der Waals surface area contributed by atoms with Gasteiger partial charge in [-0.15, -0.1) is 0 Å². The maximum Gasteiger partial charge on any atom is 0.250 e. The molecular formula is C17H15Cl4N5O. The highest BCUT2D eigenvalue weighted by Crippen LogP contribution is 2.27. The summed E-state index contributed by atoms with van der Waals surface area (Å²) in [6, 6.07) is 4.67. The molecule has 1 aromatic carbocycles. The van der Waals surface area contributed by atoms with E-state index in [0.717, 1.165) is 0 Å². The Balaban J connectivity index is 1.75. The van der Waals surface area contributed by atoms with E-state index in [4.69, 9.17) is 46.4 Å². The minimum atomic E-state index is -0.588. The number of benzene rings is 1. The predicted octanol–water partition coefficient (Wildman–Crippen LogP) is 5.25. The molecule has 0 aliphatic rings. The van der Waals surface area contributed by atoms with Gasteiger partial charge in [-0.05, 0) is 26.0 Å². The number of nitrogens with one attached hydrogen (secondary N) is 1. The highest BCUT2D eigenvalue weighted by atomic mass is 35.5. The van der Waals surface area contributed by atoms with Crippen molar-refractivity contribution >= 4 is 58.1 Å². The molecule has 1 atom stereocenters. The van der Waals surface area contributed by atoms with E-state index in [1.807, 2.05) is 0 Å². The van der Waals surface area contributed by atoms with Crippen molar-refractivity contribution in [2.75, 3.05) is 5.32 Å². The molecule has 1 unspecified atom stereocenters. The average Bonchev–Trinajstić information content (AvgIpc) is 3.13. The van der Waals surface area contributed by atoms with E-state index in [-0.39, 0.29) is 11.7 Å². The van der Waals surface area contributed by atoms with Crippen LogP contribution in [0.15, 0.2) is 30.6 Å². The van der Waals surface area contributed by atoms with Crippen LogP contribution in [0.5, 0.6) is 0 Å². The first-order valence-corrected chi connectivity index (χ1v) is 9.45. The number of hydrogen-bond acceptors (Lipinski definition) is 3. The van der Waals surface area contributed by atoms with Crippen molar-refractivity contribution in [1.29, 1.82) is 0 Å². The van der Waals surface area contributed by atoms with Crippen molar-refractivity contribution in [3.05, 3.63) is 61.9 Å². The Labute approximate surface area is 176 Å². The number of amides is 1. The fourth-order valence-corrected chi connectivity index (χ4v) is 3.26. The molecule has 0 saturated carbocycles. The molecule has 0 spiro atoms. The standard InChI is InChI=1S/C17H15Cl4N5O/c1-9-14(20)8-26(23-9)10(2)17(27)22-16-15(21)7-25(24-16)6-11-12(18)4-3-5-13(11)19/h3-5,7-8,10H,6H2,1-2H3,(H,22,24,27). The number of carbonyl (C=O) groups is 1. The van der Waals surface area contributed by atoms with Crippen LogP contribution in [-0.2, 0) is 11.3 Å². The number of anilines is 1. The first-order valence-electron chi connectivity index (χ1n) is 7.94. The molecule has 2 heterocycles. The van der Waals surface area contributed by atoms with Gasteiger partial charge in [0, 0.05) is 28.0 Å². The number of rotatable bonds is 5. The summed E-state index contributed by atoms with van der Waals surface area (Å²) in [6.45, 7) is 3.78. The fraction of sp³-hybridized carbons (Fsp3) is 0.235. The smallest absolute Gasteiger partial charge is 0.250 e. The van der Waals surface area contributed by atoms with E-state index < -0.39 is 6.04 Å². The third-order valence-corrected chi connectivity index (χ3v) is 5.33. The molecule has 0 aliphatic carbocycles. The number of hydrogen-bond donors (Lipinski definition) is 1. The zero-order chi connectivity index (χ0) is 19.7. The highest BCUT2D eigenvalue weighted by Gasteiger charge is 2.20. The van der Waals surface area contributed by atoms with Gasteiger partial charge in [-0.3, -0.25) is 14.2 Å². The highest BCUT2D eigenvalue weighted by molar-refractivity contribution is 6.36. The van der Waals surface area contributed by atoms with Gasteiger partial charge in [0.2, 0.25) is 5.91 Å². The first kappa shape index (κ1) is 20.0. The number of carbonyl (C=O) groups excluding carboxylic acids is 1. The largest absolute Gasteiger partial charge is 0.306 e. The van der Waals surface area contributed by atoms with Crippen molar-refractivity contribution in [2.45, 2.75) is 26.4 Å². The van der Waals surface area contributed by atoms with Gasteiger partial charge in [-0.25, -0.2) is 0 Å². The summed E-state index contributed by atoms with van der Waals surface area (Å²) in [5.74, 6) is -0.0799. The van der Waals surface area contributed by atoms with Gasteiger partial charge in [0.1, 0.15) is 11.1 Å². The van der Waals surface area contributed by atoms with Gasteiger partial charge < -0.3 is 5.32 Å². The van der Waals surface area contributed by atoms with Crippen molar-refractivity contribution in [3.63, 3.8) is 0 Å². The second-order valence-electron chi connectivity index (χ2n) is 5.93. The van der Waals surface area contributed by atoms with Crippen LogP contribution in [-0.4, -0.2) is 25.5 Å². The Morgan fingerprint density at radius 3 is 2.33 bits per heavy atom. The zero-order valence-electron chi connectivity index (χ0n) is 14.4. The monoisotopic (exact) mass is 445 g/mol. The Hall–Kier alpha value is -1.73. The van der Waals surface area contributed by atoms with Crippen LogP contribution < -0.4 is 5.32 Å². The lowest BCUT2D eigenvalue weighted by Crippen LogP contribution is -2.24. The van der Waals surface area contributed by atoms with Gasteiger partial charge in [0.05, 0.1) is 17.3 Å². The normalized spacial score (nSPS) is 12.2. The van der Waals surface area contributed by atoms with Crippen LogP contribution >= 0.6 is 46.4 Å². The average molecular weight is 447 g/mol. The summed E-state index contributed by atoms with van der Waals surface area (Å²) < 4.78 is 3.05. The summed E-state index contributed by atoms with van der Waals surface area (Å²) in [7, 11) is 0. The number of aromatic nitrogens is 4. The van der Waals surface area contributed by atoms with Crippen LogP contribution in [0.1, 0.15) is 24.2 Å². The minimum absolute atomic E-state index is 0.242. The molecule has 6 nitrogen and oxygen atoms in total. The molecule has 2 aromatic heterocycles. The van der Waals surface area contributed by atoms with E-state index >= 15 is 0 Å². The first-order chi connectivity index (χ1) is 12.8. The van der Waals surface area contributed by atoms with Gasteiger partial charge in [0.25, 0.3) is 0 Å². The Morgan fingerprint density at radius 2 is 1.74 bits per heavy atom. The quantitative estimate of drug-likeness (QED) is 0.581. The molecule has 0 fully saturated rings.